The molecular formula is C17H23N5O2. The van der Waals surface area contributed by atoms with Gasteiger partial charge in [0.05, 0.1) is 13.2 Å². The van der Waals surface area contributed by atoms with Crippen molar-refractivity contribution in [3.63, 3.8) is 0 Å². The first-order valence-corrected chi connectivity index (χ1v) is 8.16. The van der Waals surface area contributed by atoms with Crippen LogP contribution in [0.25, 0.3) is 0 Å². The second-order valence-electron chi connectivity index (χ2n) is 6.25. The quantitative estimate of drug-likeness (QED) is 0.878. The zero-order chi connectivity index (χ0) is 17.1. The maximum absolute atomic E-state index is 12.4. The molecule has 0 radical (unpaired) electrons. The average molecular weight is 329 g/mol. The third-order valence-electron chi connectivity index (χ3n) is 4.25. The van der Waals surface area contributed by atoms with E-state index < -0.39 is 0 Å². The smallest absolute Gasteiger partial charge is 0.248 e. The van der Waals surface area contributed by atoms with Crippen LogP contribution < -0.4 is 10.1 Å². The second-order valence-corrected chi connectivity index (χ2v) is 6.25. The molecule has 24 heavy (non-hydrogen) atoms. The van der Waals surface area contributed by atoms with Crippen molar-refractivity contribution in [2.75, 3.05) is 19.0 Å². The molecule has 1 aromatic heterocycles. The Balaban J connectivity index is 1.56. The van der Waals surface area contributed by atoms with Crippen LogP contribution in [-0.2, 0) is 11.3 Å². The van der Waals surface area contributed by atoms with Crippen molar-refractivity contribution in [3.8, 4) is 5.75 Å². The zero-order valence-corrected chi connectivity index (χ0v) is 14.3. The van der Waals surface area contributed by atoms with E-state index in [4.69, 9.17) is 4.74 Å². The second kappa shape index (κ2) is 7.00. The number of amides is 1. The summed E-state index contributed by atoms with van der Waals surface area (Å²) in [6.07, 6.45) is 2.49. The molecule has 7 nitrogen and oxygen atoms in total. The summed E-state index contributed by atoms with van der Waals surface area (Å²) in [5.74, 6) is 1.16. The summed E-state index contributed by atoms with van der Waals surface area (Å²) in [7, 11) is 1.65. The molecule has 2 aromatic rings. The Kier molecular flexibility index (Phi) is 4.80. The van der Waals surface area contributed by atoms with Crippen LogP contribution >= 0.6 is 0 Å². The Morgan fingerprint density at radius 3 is 2.67 bits per heavy atom. The van der Waals surface area contributed by atoms with E-state index in [9.17, 15) is 4.79 Å². The van der Waals surface area contributed by atoms with Gasteiger partial charge in [0.1, 0.15) is 12.1 Å². The van der Waals surface area contributed by atoms with Gasteiger partial charge in [0, 0.05) is 19.1 Å². The molecule has 1 fully saturated rings. The summed E-state index contributed by atoms with van der Waals surface area (Å²) in [4.78, 5) is 18.7. The highest BCUT2D eigenvalue weighted by Gasteiger charge is 2.34. The minimum atomic E-state index is -0.127. The number of hydrogen-bond donors (Lipinski definition) is 1. The monoisotopic (exact) mass is 329 g/mol. The number of rotatable bonds is 6. The van der Waals surface area contributed by atoms with E-state index in [2.05, 4.69) is 20.3 Å². The van der Waals surface area contributed by atoms with E-state index in [1.165, 1.54) is 0 Å². The fourth-order valence-electron chi connectivity index (χ4n) is 2.67. The highest BCUT2D eigenvalue weighted by Crippen LogP contribution is 2.22. The maximum Gasteiger partial charge on any atom is 0.248 e. The number of aromatic nitrogens is 3. The van der Waals surface area contributed by atoms with Crippen LogP contribution in [0.15, 0.2) is 30.6 Å². The number of carbonyl (C=O) groups excluding carboxylic acids is 1. The van der Waals surface area contributed by atoms with Gasteiger partial charge in [-0.2, -0.15) is 0 Å². The van der Waals surface area contributed by atoms with Crippen LogP contribution in [0.4, 0.5) is 5.95 Å². The van der Waals surface area contributed by atoms with Gasteiger partial charge >= 0.3 is 0 Å². The third kappa shape index (κ3) is 3.56. The molecule has 1 saturated heterocycles. The van der Waals surface area contributed by atoms with Crippen molar-refractivity contribution in [3.05, 3.63) is 36.2 Å². The molecule has 128 valence electrons. The SMILES string of the molecule is COc1ccc(CN2CC[C@H]2C(=O)Nc2ncn(C(C)C)n2)cc1. The van der Waals surface area contributed by atoms with Crippen molar-refractivity contribution < 1.29 is 9.53 Å². The number of likely N-dealkylation sites (tertiary alicyclic amines) is 1. The number of ether oxygens (including phenoxy) is 1. The number of nitrogens with one attached hydrogen (secondary N) is 1. The van der Waals surface area contributed by atoms with E-state index in [1.807, 2.05) is 38.1 Å². The van der Waals surface area contributed by atoms with Crippen LogP contribution in [0.5, 0.6) is 5.75 Å². The Bertz CT molecular complexity index is 695. The molecule has 1 aliphatic heterocycles. The van der Waals surface area contributed by atoms with Gasteiger partial charge in [0.2, 0.25) is 11.9 Å². The molecule has 1 N–H and O–H groups in total. The summed E-state index contributed by atoms with van der Waals surface area (Å²) in [5.41, 5.74) is 1.16. The summed E-state index contributed by atoms with van der Waals surface area (Å²) >= 11 is 0. The van der Waals surface area contributed by atoms with Gasteiger partial charge in [-0.05, 0) is 38.0 Å². The van der Waals surface area contributed by atoms with Crippen molar-refractivity contribution >= 4 is 11.9 Å². The molecule has 1 aliphatic rings. The minimum absolute atomic E-state index is 0.0451. The lowest BCUT2D eigenvalue weighted by Crippen LogP contribution is -2.53. The number of methoxy groups -OCH3 is 1. The first kappa shape index (κ1) is 16.4. The van der Waals surface area contributed by atoms with Crippen LogP contribution in [0.2, 0.25) is 0 Å². The first-order chi connectivity index (χ1) is 11.6. The molecule has 7 heteroatoms. The van der Waals surface area contributed by atoms with E-state index >= 15 is 0 Å². The van der Waals surface area contributed by atoms with Gasteiger partial charge in [-0.25, -0.2) is 9.67 Å². The molecule has 2 heterocycles. The highest BCUT2D eigenvalue weighted by molar-refractivity contribution is 5.93. The molecule has 3 rings (SSSR count). The molecule has 0 saturated carbocycles. The van der Waals surface area contributed by atoms with Crippen molar-refractivity contribution in [1.82, 2.24) is 19.7 Å². The van der Waals surface area contributed by atoms with Gasteiger partial charge in [0.25, 0.3) is 0 Å². The van der Waals surface area contributed by atoms with Gasteiger partial charge < -0.3 is 4.74 Å². The van der Waals surface area contributed by atoms with Gasteiger partial charge in [-0.3, -0.25) is 15.0 Å². The predicted molar refractivity (Wildman–Crippen MR) is 90.8 cm³/mol. The summed E-state index contributed by atoms with van der Waals surface area (Å²) in [6.45, 7) is 5.69. The number of carbonyl (C=O) groups is 1. The fraction of sp³-hybridized carbons (Fsp3) is 0.471. The third-order valence-corrected chi connectivity index (χ3v) is 4.25. The summed E-state index contributed by atoms with van der Waals surface area (Å²) in [6, 6.07) is 8.02. The maximum atomic E-state index is 12.4. The molecule has 1 amide bonds. The summed E-state index contributed by atoms with van der Waals surface area (Å²) < 4.78 is 6.89. The number of hydrogen-bond acceptors (Lipinski definition) is 5. The molecule has 0 aliphatic carbocycles. The lowest BCUT2D eigenvalue weighted by Gasteiger charge is -2.39. The highest BCUT2D eigenvalue weighted by atomic mass is 16.5. The fourth-order valence-corrected chi connectivity index (χ4v) is 2.67. The molecule has 0 unspecified atom stereocenters. The van der Waals surface area contributed by atoms with Gasteiger partial charge in [0.15, 0.2) is 0 Å². The van der Waals surface area contributed by atoms with Crippen LogP contribution in [0.1, 0.15) is 31.9 Å². The topological polar surface area (TPSA) is 72.3 Å². The normalized spacial score (nSPS) is 17.6. The van der Waals surface area contributed by atoms with Crippen LogP contribution in [0, 0.1) is 0 Å². The Hall–Kier alpha value is -2.41. The number of nitrogens with zero attached hydrogens (tertiary/aromatic N) is 4. The van der Waals surface area contributed by atoms with Crippen molar-refractivity contribution in [2.45, 2.75) is 38.9 Å². The lowest BCUT2D eigenvalue weighted by molar-refractivity contribution is -0.125. The Labute approximate surface area is 141 Å². The van der Waals surface area contributed by atoms with Crippen molar-refractivity contribution in [1.29, 1.82) is 0 Å². The standard InChI is InChI=1S/C17H23N5O2/c1-12(2)22-11-18-17(20-22)19-16(23)15-8-9-21(15)10-13-4-6-14(24-3)7-5-13/h4-7,11-12,15H,8-10H2,1-3H3,(H,19,20,23)/t15-/m0/s1. The average Bonchev–Trinajstić information content (AvgIpc) is 3.00. The van der Waals surface area contributed by atoms with Gasteiger partial charge in [-0.1, -0.05) is 12.1 Å². The molecular weight excluding hydrogens is 306 g/mol. The predicted octanol–water partition coefficient (Wildman–Crippen LogP) is 2.08. The summed E-state index contributed by atoms with van der Waals surface area (Å²) in [5, 5.41) is 7.07. The molecule has 1 atom stereocenters. The first-order valence-electron chi connectivity index (χ1n) is 8.16. The van der Waals surface area contributed by atoms with E-state index in [1.54, 1.807) is 18.1 Å². The number of benzene rings is 1. The largest absolute Gasteiger partial charge is 0.497 e. The minimum Gasteiger partial charge on any atom is -0.497 e. The number of anilines is 1. The Morgan fingerprint density at radius 2 is 2.12 bits per heavy atom. The molecule has 1 aromatic carbocycles. The van der Waals surface area contributed by atoms with E-state index in [-0.39, 0.29) is 18.0 Å². The van der Waals surface area contributed by atoms with Crippen LogP contribution in [0.3, 0.4) is 0 Å². The van der Waals surface area contributed by atoms with Crippen LogP contribution in [-0.4, -0.2) is 45.3 Å². The van der Waals surface area contributed by atoms with Crippen molar-refractivity contribution in [2.24, 2.45) is 0 Å². The molecule has 0 bridgehead atoms. The van der Waals surface area contributed by atoms with E-state index in [0.717, 1.165) is 30.8 Å². The van der Waals surface area contributed by atoms with E-state index in [0.29, 0.717) is 5.95 Å². The van der Waals surface area contributed by atoms with Gasteiger partial charge in [-0.15, -0.1) is 5.10 Å². The lowest BCUT2D eigenvalue weighted by atomic mass is 10.0. The zero-order valence-electron chi connectivity index (χ0n) is 14.3. The Morgan fingerprint density at radius 1 is 1.38 bits per heavy atom. The molecule has 0 spiro atoms.